The lowest BCUT2D eigenvalue weighted by molar-refractivity contribution is 0.210. The number of nitrogens with two attached hydrogens (primary N) is 1. The van der Waals surface area contributed by atoms with Crippen molar-refractivity contribution in [3.63, 3.8) is 0 Å². The summed E-state index contributed by atoms with van der Waals surface area (Å²) in [7, 11) is -3.08. The molecule has 1 aromatic carbocycles. The summed E-state index contributed by atoms with van der Waals surface area (Å²) in [6.07, 6.45) is 0. The Morgan fingerprint density at radius 2 is 1.94 bits per heavy atom. The van der Waals surface area contributed by atoms with E-state index in [0.29, 0.717) is 18.0 Å². The zero-order valence-corrected chi connectivity index (χ0v) is 10.8. The summed E-state index contributed by atoms with van der Waals surface area (Å²) in [5.74, 6) is 0.669. The number of hydrogen-bond acceptors (Lipinski definition) is 6. The van der Waals surface area contributed by atoms with E-state index in [-0.39, 0.29) is 0 Å². The lowest BCUT2D eigenvalue weighted by Gasteiger charge is -2.08. The SMILES string of the molecule is CCONc1ccc(OC)c(N)c1.O=S(=O)(O)O. The molecule has 8 nitrogen and oxygen atoms in total. The molecule has 9 heteroatoms. The highest BCUT2D eigenvalue weighted by Gasteiger charge is 1.99. The Labute approximate surface area is 105 Å². The smallest absolute Gasteiger partial charge is 0.394 e. The molecule has 0 heterocycles. The third kappa shape index (κ3) is 8.58. The first-order chi connectivity index (χ1) is 8.27. The minimum absolute atomic E-state index is 0.590. The fraction of sp³-hybridized carbons (Fsp3) is 0.333. The maximum absolute atomic E-state index is 8.74. The Hall–Kier alpha value is -1.55. The van der Waals surface area contributed by atoms with Gasteiger partial charge in [-0.05, 0) is 25.1 Å². The number of anilines is 2. The molecular weight excluding hydrogens is 264 g/mol. The first-order valence-corrected chi connectivity index (χ1v) is 6.18. The number of hydrogen-bond donors (Lipinski definition) is 4. The van der Waals surface area contributed by atoms with Crippen LogP contribution in [0.25, 0.3) is 0 Å². The van der Waals surface area contributed by atoms with E-state index in [1.54, 1.807) is 19.2 Å². The first-order valence-electron chi connectivity index (χ1n) is 4.79. The molecule has 0 amide bonds. The predicted molar refractivity (Wildman–Crippen MR) is 66.8 cm³/mol. The van der Waals surface area contributed by atoms with Crippen LogP contribution in [0, 0.1) is 0 Å². The molecule has 0 aliphatic heterocycles. The third-order valence-corrected chi connectivity index (χ3v) is 1.56. The largest absolute Gasteiger partial charge is 0.495 e. The van der Waals surface area contributed by atoms with Crippen LogP contribution in [0.3, 0.4) is 0 Å². The van der Waals surface area contributed by atoms with Crippen LogP contribution in [0.5, 0.6) is 5.75 Å². The van der Waals surface area contributed by atoms with Gasteiger partial charge in [0.1, 0.15) is 5.75 Å². The number of methoxy groups -OCH3 is 1. The average molecular weight is 280 g/mol. The molecule has 0 aliphatic rings. The van der Waals surface area contributed by atoms with Crippen molar-refractivity contribution in [2.75, 3.05) is 24.9 Å². The van der Waals surface area contributed by atoms with Crippen LogP contribution in [0.1, 0.15) is 6.92 Å². The number of ether oxygens (including phenoxy) is 1. The molecular formula is C9H16N2O6S. The summed E-state index contributed by atoms with van der Waals surface area (Å²) >= 11 is 0. The Morgan fingerprint density at radius 3 is 2.33 bits per heavy atom. The minimum Gasteiger partial charge on any atom is -0.495 e. The molecule has 0 bridgehead atoms. The van der Waals surface area contributed by atoms with Crippen molar-refractivity contribution in [2.45, 2.75) is 6.92 Å². The molecule has 0 unspecified atom stereocenters. The summed E-state index contributed by atoms with van der Waals surface area (Å²) in [5.41, 5.74) is 9.84. The topological polar surface area (TPSA) is 131 Å². The number of nitrogens with one attached hydrogen (secondary N) is 1. The van der Waals surface area contributed by atoms with Crippen molar-refractivity contribution in [2.24, 2.45) is 0 Å². The fourth-order valence-electron chi connectivity index (χ4n) is 0.953. The zero-order chi connectivity index (χ0) is 14.2. The molecule has 1 rings (SSSR count). The van der Waals surface area contributed by atoms with Gasteiger partial charge in [-0.25, -0.2) is 0 Å². The molecule has 0 saturated carbocycles. The fourth-order valence-corrected chi connectivity index (χ4v) is 0.953. The van der Waals surface area contributed by atoms with Crippen LogP contribution >= 0.6 is 0 Å². The van der Waals surface area contributed by atoms with Crippen LogP contribution < -0.4 is 16.0 Å². The quantitative estimate of drug-likeness (QED) is 0.365. The molecule has 0 aliphatic carbocycles. The van der Waals surface area contributed by atoms with Gasteiger partial charge in [-0.15, -0.1) is 0 Å². The van der Waals surface area contributed by atoms with Gasteiger partial charge in [0, 0.05) is 0 Å². The van der Waals surface area contributed by atoms with Crippen molar-refractivity contribution in [1.29, 1.82) is 0 Å². The zero-order valence-electron chi connectivity index (χ0n) is 9.95. The molecule has 104 valence electrons. The second-order valence-corrected chi connectivity index (χ2v) is 3.84. The number of benzene rings is 1. The van der Waals surface area contributed by atoms with E-state index >= 15 is 0 Å². The summed E-state index contributed by atoms with van der Waals surface area (Å²) in [4.78, 5) is 5.00. The molecule has 0 saturated heterocycles. The highest BCUT2D eigenvalue weighted by Crippen LogP contribution is 2.24. The van der Waals surface area contributed by atoms with Crippen molar-refractivity contribution in [1.82, 2.24) is 0 Å². The van der Waals surface area contributed by atoms with Crippen LogP contribution in [-0.4, -0.2) is 31.2 Å². The van der Waals surface area contributed by atoms with E-state index in [1.165, 1.54) is 0 Å². The highest BCUT2D eigenvalue weighted by atomic mass is 32.3. The number of nitrogen functional groups attached to an aromatic ring is 1. The van der Waals surface area contributed by atoms with Gasteiger partial charge >= 0.3 is 10.4 Å². The maximum atomic E-state index is 8.74. The monoisotopic (exact) mass is 280 g/mol. The Bertz CT molecular complexity index is 454. The van der Waals surface area contributed by atoms with E-state index in [4.69, 9.17) is 32.8 Å². The van der Waals surface area contributed by atoms with Gasteiger partial charge in [-0.2, -0.15) is 8.42 Å². The van der Waals surface area contributed by atoms with E-state index in [0.717, 1.165) is 5.69 Å². The molecule has 0 spiro atoms. The summed E-state index contributed by atoms with van der Waals surface area (Å²) in [5, 5.41) is 0. The third-order valence-electron chi connectivity index (χ3n) is 1.56. The van der Waals surface area contributed by atoms with Gasteiger partial charge in [0.2, 0.25) is 0 Å². The van der Waals surface area contributed by atoms with E-state index in [9.17, 15) is 0 Å². The van der Waals surface area contributed by atoms with Crippen LogP contribution in [0.2, 0.25) is 0 Å². The molecule has 0 atom stereocenters. The second-order valence-electron chi connectivity index (χ2n) is 2.94. The Morgan fingerprint density at radius 1 is 1.39 bits per heavy atom. The molecule has 0 aromatic heterocycles. The maximum Gasteiger partial charge on any atom is 0.394 e. The molecule has 5 N–H and O–H groups in total. The van der Waals surface area contributed by atoms with Crippen LogP contribution in [0.15, 0.2) is 18.2 Å². The number of rotatable bonds is 4. The van der Waals surface area contributed by atoms with Crippen LogP contribution in [0.4, 0.5) is 11.4 Å². The molecule has 0 fully saturated rings. The van der Waals surface area contributed by atoms with Crippen molar-refractivity contribution in [3.05, 3.63) is 18.2 Å². The average Bonchev–Trinajstić information content (AvgIpc) is 2.24. The normalized spacial score (nSPS) is 10.2. The lowest BCUT2D eigenvalue weighted by Crippen LogP contribution is -2.01. The molecule has 0 radical (unpaired) electrons. The van der Waals surface area contributed by atoms with Gasteiger partial charge in [0.25, 0.3) is 0 Å². The van der Waals surface area contributed by atoms with E-state index in [2.05, 4.69) is 5.48 Å². The summed E-state index contributed by atoms with van der Waals surface area (Å²) in [6, 6.07) is 5.38. The first kappa shape index (κ1) is 16.4. The molecule has 18 heavy (non-hydrogen) atoms. The van der Waals surface area contributed by atoms with Gasteiger partial charge in [0.15, 0.2) is 0 Å². The van der Waals surface area contributed by atoms with Crippen molar-refractivity contribution < 1.29 is 27.1 Å². The standard InChI is InChI=1S/C9H14N2O2.H2O4S/c1-3-13-11-7-4-5-9(12-2)8(10)6-7;1-5(2,3)4/h4-6,11H,3,10H2,1-2H3;(H2,1,2,3,4). The molecule has 1 aromatic rings. The highest BCUT2D eigenvalue weighted by molar-refractivity contribution is 7.79. The second kappa shape index (κ2) is 7.71. The van der Waals surface area contributed by atoms with Crippen molar-refractivity contribution >= 4 is 21.8 Å². The van der Waals surface area contributed by atoms with E-state index in [1.807, 2.05) is 13.0 Å². The van der Waals surface area contributed by atoms with E-state index < -0.39 is 10.4 Å². The van der Waals surface area contributed by atoms with Gasteiger partial charge in [-0.1, -0.05) is 0 Å². The van der Waals surface area contributed by atoms with Gasteiger partial charge < -0.3 is 10.5 Å². The Balaban J connectivity index is 0.000000494. The summed E-state index contributed by atoms with van der Waals surface area (Å²) < 4.78 is 36.6. The minimum atomic E-state index is -4.67. The summed E-state index contributed by atoms with van der Waals surface area (Å²) in [6.45, 7) is 2.51. The van der Waals surface area contributed by atoms with Crippen LogP contribution in [-0.2, 0) is 15.2 Å². The Kier molecular flexibility index (Phi) is 7.05. The van der Waals surface area contributed by atoms with Gasteiger partial charge in [-0.3, -0.25) is 19.4 Å². The predicted octanol–water partition coefficient (Wildman–Crippen LogP) is 0.988. The lowest BCUT2D eigenvalue weighted by atomic mass is 10.2. The van der Waals surface area contributed by atoms with Crippen molar-refractivity contribution in [3.8, 4) is 5.75 Å². The van der Waals surface area contributed by atoms with Gasteiger partial charge in [0.05, 0.1) is 25.1 Å².